The highest BCUT2D eigenvalue weighted by molar-refractivity contribution is 6.63. The molecule has 0 aromatic carbocycles. The number of hydrogen-bond donors (Lipinski definition) is 0. The summed E-state index contributed by atoms with van der Waals surface area (Å²) in [6.45, 7) is 12.5. The highest BCUT2D eigenvalue weighted by atomic mass is 16.7. The average molecular weight is 247 g/mol. The molecule has 98 valence electrons. The summed E-state index contributed by atoms with van der Waals surface area (Å²) in [6, 6.07) is 2.01. The van der Waals surface area contributed by atoms with Crippen molar-refractivity contribution in [2.75, 3.05) is 0 Å². The van der Waals surface area contributed by atoms with E-state index in [0.29, 0.717) is 0 Å². The summed E-state index contributed by atoms with van der Waals surface area (Å²) in [5.74, 6) is 0. The average Bonchev–Trinajstić information content (AvgIpc) is 2.47. The van der Waals surface area contributed by atoms with E-state index in [1.54, 1.807) is 0 Å². The number of nitrogens with zero attached hydrogens (tertiary/aromatic N) is 1. The van der Waals surface area contributed by atoms with Gasteiger partial charge in [0.15, 0.2) is 0 Å². The Morgan fingerprint density at radius 3 is 2.22 bits per heavy atom. The van der Waals surface area contributed by atoms with Crippen LogP contribution in [-0.4, -0.2) is 23.3 Å². The molecule has 0 radical (unpaired) electrons. The van der Waals surface area contributed by atoms with E-state index in [4.69, 9.17) is 9.31 Å². The third-order valence-corrected chi connectivity index (χ3v) is 4.11. The fourth-order valence-electron chi connectivity index (χ4n) is 2.19. The fraction of sp³-hybridized carbons (Fsp3) is 0.643. The Morgan fingerprint density at radius 2 is 1.72 bits per heavy atom. The predicted molar refractivity (Wildman–Crippen MR) is 74.1 cm³/mol. The van der Waals surface area contributed by atoms with Crippen molar-refractivity contribution >= 4 is 12.6 Å². The molecule has 0 bridgehead atoms. The van der Waals surface area contributed by atoms with Crippen molar-refractivity contribution in [1.82, 2.24) is 4.98 Å². The number of rotatable bonds is 2. The molecule has 1 fully saturated rings. The van der Waals surface area contributed by atoms with Crippen molar-refractivity contribution in [1.29, 1.82) is 0 Å². The van der Waals surface area contributed by atoms with Crippen LogP contribution >= 0.6 is 0 Å². The van der Waals surface area contributed by atoms with Gasteiger partial charge in [-0.1, -0.05) is 6.92 Å². The van der Waals surface area contributed by atoms with Crippen LogP contribution in [0, 0.1) is 6.92 Å². The molecule has 0 unspecified atom stereocenters. The van der Waals surface area contributed by atoms with Crippen LogP contribution in [0.15, 0.2) is 12.3 Å². The van der Waals surface area contributed by atoms with E-state index in [-0.39, 0.29) is 18.3 Å². The van der Waals surface area contributed by atoms with Gasteiger partial charge in [0.2, 0.25) is 0 Å². The molecule has 3 nitrogen and oxygen atoms in total. The molecule has 1 aliphatic rings. The summed E-state index contributed by atoms with van der Waals surface area (Å²) in [5.41, 5.74) is 2.74. The molecule has 1 aromatic rings. The molecule has 1 aromatic heterocycles. The van der Waals surface area contributed by atoms with Crippen LogP contribution in [0.1, 0.15) is 45.9 Å². The van der Waals surface area contributed by atoms with Crippen molar-refractivity contribution in [3.8, 4) is 0 Å². The summed E-state index contributed by atoms with van der Waals surface area (Å²) in [5, 5.41) is 0. The van der Waals surface area contributed by atoms with Crippen molar-refractivity contribution in [2.45, 2.75) is 59.2 Å². The highest BCUT2D eigenvalue weighted by Gasteiger charge is 2.52. The molecular weight excluding hydrogens is 225 g/mol. The second-order valence-corrected chi connectivity index (χ2v) is 5.93. The van der Waals surface area contributed by atoms with E-state index < -0.39 is 0 Å². The minimum Gasteiger partial charge on any atom is -0.399 e. The van der Waals surface area contributed by atoms with E-state index in [1.165, 1.54) is 5.56 Å². The van der Waals surface area contributed by atoms with E-state index in [2.05, 4.69) is 46.5 Å². The van der Waals surface area contributed by atoms with Crippen molar-refractivity contribution in [3.05, 3.63) is 23.5 Å². The van der Waals surface area contributed by atoms with Gasteiger partial charge in [0, 0.05) is 17.4 Å². The Balaban J connectivity index is 2.41. The van der Waals surface area contributed by atoms with Gasteiger partial charge >= 0.3 is 7.12 Å². The molecule has 0 amide bonds. The summed E-state index contributed by atoms with van der Waals surface area (Å²) < 4.78 is 12.2. The van der Waals surface area contributed by atoms with E-state index in [0.717, 1.165) is 17.6 Å². The first-order valence-electron chi connectivity index (χ1n) is 6.58. The number of aromatic nitrogens is 1. The number of hydrogen-bond acceptors (Lipinski definition) is 3. The lowest BCUT2D eigenvalue weighted by Crippen LogP contribution is -2.41. The lowest BCUT2D eigenvalue weighted by atomic mass is 9.74. The van der Waals surface area contributed by atoms with Gasteiger partial charge in [0.1, 0.15) is 0 Å². The molecule has 0 atom stereocenters. The maximum absolute atomic E-state index is 6.11. The lowest BCUT2D eigenvalue weighted by Gasteiger charge is -2.32. The minimum atomic E-state index is -0.307. The molecule has 0 spiro atoms. The Hall–Kier alpha value is -0.865. The molecule has 1 saturated heterocycles. The van der Waals surface area contributed by atoms with E-state index >= 15 is 0 Å². The Morgan fingerprint density at radius 1 is 1.17 bits per heavy atom. The predicted octanol–water partition coefficient (Wildman–Crippen LogP) is 2.25. The topological polar surface area (TPSA) is 31.4 Å². The normalized spacial score (nSPS) is 21.3. The Labute approximate surface area is 110 Å². The van der Waals surface area contributed by atoms with Crippen molar-refractivity contribution in [2.24, 2.45) is 0 Å². The third-order valence-electron chi connectivity index (χ3n) is 4.11. The molecule has 0 aliphatic carbocycles. The third kappa shape index (κ3) is 2.08. The zero-order chi connectivity index (χ0) is 13.6. The first kappa shape index (κ1) is 13.6. The van der Waals surface area contributed by atoms with Gasteiger partial charge in [-0.25, -0.2) is 0 Å². The molecule has 2 heterocycles. The molecule has 0 saturated carbocycles. The van der Waals surface area contributed by atoms with Gasteiger partial charge in [-0.15, -0.1) is 0 Å². The van der Waals surface area contributed by atoms with Crippen LogP contribution in [0.25, 0.3) is 0 Å². The molecule has 4 heteroatoms. The monoisotopic (exact) mass is 247 g/mol. The van der Waals surface area contributed by atoms with Crippen LogP contribution in [0.3, 0.4) is 0 Å². The van der Waals surface area contributed by atoms with Crippen LogP contribution in [0.4, 0.5) is 0 Å². The molecule has 2 rings (SSSR count). The van der Waals surface area contributed by atoms with Gasteiger partial charge in [-0.05, 0) is 52.7 Å². The maximum Gasteiger partial charge on any atom is 0.496 e. The SMILES string of the molecule is CCc1nccc(C)c1B1OC(C)(C)C(C)(C)O1. The standard InChI is InChI=1S/C14H22BNO2/c1-7-11-12(10(2)8-9-16-11)15-17-13(3,4)14(5,6)18-15/h8-9H,7H2,1-6H3. The lowest BCUT2D eigenvalue weighted by molar-refractivity contribution is 0.00578. The van der Waals surface area contributed by atoms with Crippen molar-refractivity contribution in [3.63, 3.8) is 0 Å². The first-order valence-corrected chi connectivity index (χ1v) is 6.58. The van der Waals surface area contributed by atoms with Crippen LogP contribution in [-0.2, 0) is 15.7 Å². The zero-order valence-electron chi connectivity index (χ0n) is 12.2. The summed E-state index contributed by atoms with van der Waals surface area (Å²) in [7, 11) is -0.307. The van der Waals surface area contributed by atoms with Gasteiger partial charge in [0.25, 0.3) is 0 Å². The Bertz CT molecular complexity index is 441. The molecule has 18 heavy (non-hydrogen) atoms. The molecule has 1 aliphatic heterocycles. The van der Waals surface area contributed by atoms with E-state index in [9.17, 15) is 0 Å². The smallest absolute Gasteiger partial charge is 0.399 e. The van der Waals surface area contributed by atoms with Crippen LogP contribution in [0.5, 0.6) is 0 Å². The number of aryl methyl sites for hydroxylation is 2. The minimum absolute atomic E-state index is 0.301. The largest absolute Gasteiger partial charge is 0.496 e. The second kappa shape index (κ2) is 4.35. The van der Waals surface area contributed by atoms with Crippen LogP contribution < -0.4 is 5.46 Å². The van der Waals surface area contributed by atoms with Crippen LogP contribution in [0.2, 0.25) is 0 Å². The summed E-state index contributed by atoms with van der Waals surface area (Å²) in [6.07, 6.45) is 2.74. The maximum atomic E-state index is 6.11. The zero-order valence-corrected chi connectivity index (χ0v) is 12.2. The van der Waals surface area contributed by atoms with Crippen molar-refractivity contribution < 1.29 is 9.31 Å². The summed E-state index contributed by atoms with van der Waals surface area (Å²) in [4.78, 5) is 4.44. The first-order chi connectivity index (χ1) is 8.28. The number of pyridine rings is 1. The van der Waals surface area contributed by atoms with Gasteiger partial charge in [-0.2, -0.15) is 0 Å². The highest BCUT2D eigenvalue weighted by Crippen LogP contribution is 2.36. The quantitative estimate of drug-likeness (QED) is 0.751. The molecule has 0 N–H and O–H groups in total. The molecular formula is C14H22BNO2. The van der Waals surface area contributed by atoms with Gasteiger partial charge in [-0.3, -0.25) is 4.98 Å². The Kier molecular flexibility index (Phi) is 3.28. The summed E-state index contributed by atoms with van der Waals surface area (Å²) >= 11 is 0. The van der Waals surface area contributed by atoms with Gasteiger partial charge < -0.3 is 9.31 Å². The van der Waals surface area contributed by atoms with Gasteiger partial charge in [0.05, 0.1) is 11.2 Å². The second-order valence-electron chi connectivity index (χ2n) is 5.93. The van der Waals surface area contributed by atoms with E-state index in [1.807, 2.05) is 12.3 Å². The fourth-order valence-corrected chi connectivity index (χ4v) is 2.19.